The van der Waals surface area contributed by atoms with Gasteiger partial charge in [0.1, 0.15) is 12.1 Å². The Morgan fingerprint density at radius 2 is 1.18 bits per heavy atom. The highest BCUT2D eigenvalue weighted by atomic mass is 19.4. The van der Waals surface area contributed by atoms with Crippen molar-refractivity contribution in [1.29, 1.82) is 0 Å². The molecule has 350 valence electrons. The second kappa shape index (κ2) is 21.8. The Hall–Kier alpha value is -5.24. The van der Waals surface area contributed by atoms with Gasteiger partial charge in [-0.15, -0.1) is 0 Å². The summed E-state index contributed by atoms with van der Waals surface area (Å²) in [7, 11) is 0. The van der Waals surface area contributed by atoms with Crippen LogP contribution in [0.25, 0.3) is 0 Å². The molecule has 11 nitrogen and oxygen atoms in total. The van der Waals surface area contributed by atoms with Crippen LogP contribution in [0.4, 0.5) is 13.2 Å². The minimum Gasteiger partial charge on any atom is -0.354 e. The fourth-order valence-electron chi connectivity index (χ4n) is 9.81. The SMILES string of the molecule is CCCCCCNC(=O)[C@H]1CN(C(c2ccc(C(=O)N3CC(C(=O)N[C@H]4C[C@@H]4c4ccccc4)C(C(=O)N[C@H]4C[C@@H]4c4ccccc4)C3)cc2)C(F)(F)F)CCN1C(=O)CCCCCC. The molecule has 3 aromatic rings. The summed E-state index contributed by atoms with van der Waals surface area (Å²) in [5.41, 5.74) is 2.27. The minimum absolute atomic E-state index is 0.0190. The predicted octanol–water partition coefficient (Wildman–Crippen LogP) is 7.50. The van der Waals surface area contributed by atoms with Crippen molar-refractivity contribution in [2.75, 3.05) is 39.3 Å². The fraction of sp³-hybridized carbons (Fsp3) is 0.549. The molecule has 0 radical (unpaired) electrons. The summed E-state index contributed by atoms with van der Waals surface area (Å²) in [6.45, 7) is 4.08. The first-order valence-corrected chi connectivity index (χ1v) is 23.9. The van der Waals surface area contributed by atoms with Crippen LogP contribution in [0, 0.1) is 11.8 Å². The molecule has 4 fully saturated rings. The van der Waals surface area contributed by atoms with Crippen LogP contribution in [0.3, 0.4) is 0 Å². The van der Waals surface area contributed by atoms with Gasteiger partial charge in [-0.2, -0.15) is 13.2 Å². The number of likely N-dealkylation sites (tertiary alicyclic amines) is 1. The monoisotopic (exact) mass is 898 g/mol. The highest BCUT2D eigenvalue weighted by Crippen LogP contribution is 2.43. The Morgan fingerprint density at radius 1 is 0.646 bits per heavy atom. The van der Waals surface area contributed by atoms with Gasteiger partial charge >= 0.3 is 6.18 Å². The van der Waals surface area contributed by atoms with Crippen LogP contribution in [0.2, 0.25) is 0 Å². The molecule has 2 saturated carbocycles. The smallest absolute Gasteiger partial charge is 0.354 e. The Balaban J connectivity index is 1.04. The van der Waals surface area contributed by atoms with E-state index in [4.69, 9.17) is 0 Å². The highest BCUT2D eigenvalue weighted by Gasteiger charge is 2.50. The first-order valence-electron chi connectivity index (χ1n) is 23.9. The van der Waals surface area contributed by atoms with Gasteiger partial charge in [-0.05, 0) is 54.5 Å². The molecule has 0 bridgehead atoms. The van der Waals surface area contributed by atoms with E-state index in [2.05, 4.69) is 29.8 Å². The zero-order chi connectivity index (χ0) is 46.1. The van der Waals surface area contributed by atoms with E-state index in [9.17, 15) is 24.0 Å². The van der Waals surface area contributed by atoms with Gasteiger partial charge < -0.3 is 25.8 Å². The Labute approximate surface area is 381 Å². The predicted molar refractivity (Wildman–Crippen MR) is 243 cm³/mol. The standard InChI is InChI=1S/C51H65F3N6O5/c1-3-5-7-15-21-45(61)60-28-27-58(33-44(60)49(64)55-26-16-8-6-4-2)46(51(52,53)54)36-22-24-37(25-23-36)50(65)59-31-40(47(62)56-42-29-38(42)34-17-11-9-12-18-34)41(32-59)48(63)57-43-30-39(43)35-19-13-10-14-20-35/h9-14,17-20,22-25,38-44,46H,3-8,15-16,21,26-33H2,1-2H3,(H,55,64)(H,56,62)(H,57,63)/t38-,39-,40?,41?,42+,43+,44-,46?/m1/s1. The molecule has 0 aromatic heterocycles. The van der Waals surface area contributed by atoms with E-state index in [1.807, 2.05) is 60.7 Å². The van der Waals surface area contributed by atoms with Gasteiger partial charge in [0.05, 0.1) is 11.8 Å². The second-order valence-corrected chi connectivity index (χ2v) is 18.5. The second-order valence-electron chi connectivity index (χ2n) is 18.5. The summed E-state index contributed by atoms with van der Waals surface area (Å²) in [5.74, 6) is -3.08. The molecule has 3 N–H and O–H groups in total. The molecule has 14 heteroatoms. The van der Waals surface area contributed by atoms with Gasteiger partial charge in [-0.1, -0.05) is 125 Å². The third-order valence-electron chi connectivity index (χ3n) is 13.7. The lowest BCUT2D eigenvalue weighted by Crippen LogP contribution is -2.62. The maximum atomic E-state index is 15.1. The lowest BCUT2D eigenvalue weighted by molar-refractivity contribution is -0.194. The van der Waals surface area contributed by atoms with Crippen molar-refractivity contribution in [2.45, 2.75) is 127 Å². The maximum Gasteiger partial charge on any atom is 0.408 e. The van der Waals surface area contributed by atoms with Gasteiger partial charge in [0.15, 0.2) is 0 Å². The largest absolute Gasteiger partial charge is 0.408 e. The van der Waals surface area contributed by atoms with Gasteiger partial charge in [-0.3, -0.25) is 28.9 Å². The Kier molecular flexibility index (Phi) is 16.0. The molecule has 4 aliphatic rings. The number of rotatable bonds is 20. The van der Waals surface area contributed by atoms with Crippen molar-refractivity contribution >= 4 is 29.5 Å². The summed E-state index contributed by atoms with van der Waals surface area (Å²) < 4.78 is 45.4. The van der Waals surface area contributed by atoms with E-state index in [0.717, 1.165) is 68.9 Å². The number of nitrogens with zero attached hydrogens (tertiary/aromatic N) is 3. The molecular weight excluding hydrogens is 834 g/mol. The van der Waals surface area contributed by atoms with Gasteiger partial charge in [0, 0.05) is 75.2 Å². The number of nitrogens with one attached hydrogen (secondary N) is 3. The van der Waals surface area contributed by atoms with E-state index in [0.29, 0.717) is 13.0 Å². The first kappa shape index (κ1) is 47.7. The van der Waals surface area contributed by atoms with Crippen molar-refractivity contribution in [3.63, 3.8) is 0 Å². The molecule has 5 amide bonds. The van der Waals surface area contributed by atoms with Crippen molar-refractivity contribution < 1.29 is 37.1 Å². The molecule has 2 aliphatic heterocycles. The molecule has 7 rings (SSSR count). The lowest BCUT2D eigenvalue weighted by Gasteiger charge is -2.44. The summed E-state index contributed by atoms with van der Waals surface area (Å²) >= 11 is 0. The fourth-order valence-corrected chi connectivity index (χ4v) is 9.81. The third-order valence-corrected chi connectivity index (χ3v) is 13.7. The van der Waals surface area contributed by atoms with E-state index in [1.165, 1.54) is 39.0 Å². The number of hydrogen-bond donors (Lipinski definition) is 3. The lowest BCUT2D eigenvalue weighted by atomic mass is 9.94. The Morgan fingerprint density at radius 3 is 1.71 bits per heavy atom. The number of carbonyl (C=O) groups is 5. The number of unbranched alkanes of at least 4 members (excludes halogenated alkanes) is 6. The van der Waals surface area contributed by atoms with Crippen molar-refractivity contribution in [3.8, 4) is 0 Å². The molecule has 8 atom stereocenters. The molecule has 3 unspecified atom stereocenters. The van der Waals surface area contributed by atoms with Gasteiger partial charge in [0.2, 0.25) is 23.6 Å². The van der Waals surface area contributed by atoms with E-state index < -0.39 is 41.9 Å². The van der Waals surface area contributed by atoms with Crippen LogP contribution in [-0.2, 0) is 19.2 Å². The zero-order valence-corrected chi connectivity index (χ0v) is 37.7. The summed E-state index contributed by atoms with van der Waals surface area (Å²) in [5, 5.41) is 9.15. The molecule has 3 aromatic carbocycles. The van der Waals surface area contributed by atoms with E-state index in [1.54, 1.807) is 0 Å². The summed E-state index contributed by atoms with van der Waals surface area (Å²) in [4.78, 5) is 73.2. The maximum absolute atomic E-state index is 15.1. The molecule has 2 aliphatic carbocycles. The Bertz CT molecular complexity index is 2010. The van der Waals surface area contributed by atoms with Crippen LogP contribution in [-0.4, -0.2) is 108 Å². The number of carbonyl (C=O) groups excluding carboxylic acids is 5. The van der Waals surface area contributed by atoms with Crippen LogP contribution < -0.4 is 16.0 Å². The zero-order valence-electron chi connectivity index (χ0n) is 37.7. The number of amides is 5. The number of halogens is 3. The van der Waals surface area contributed by atoms with Crippen LogP contribution >= 0.6 is 0 Å². The molecule has 2 heterocycles. The van der Waals surface area contributed by atoms with Crippen molar-refractivity contribution in [3.05, 3.63) is 107 Å². The first-order chi connectivity index (χ1) is 31.4. The number of piperazine rings is 1. The normalized spacial score (nSPS) is 24.5. The van der Waals surface area contributed by atoms with Crippen LogP contribution in [0.5, 0.6) is 0 Å². The quantitative estimate of drug-likeness (QED) is 0.101. The topological polar surface area (TPSA) is 131 Å². The molecule has 65 heavy (non-hydrogen) atoms. The molecular formula is C51H65F3N6O5. The van der Waals surface area contributed by atoms with Crippen molar-refractivity contribution in [1.82, 2.24) is 30.7 Å². The average molecular weight is 899 g/mol. The van der Waals surface area contributed by atoms with Crippen molar-refractivity contribution in [2.24, 2.45) is 11.8 Å². The van der Waals surface area contributed by atoms with Gasteiger partial charge in [0.25, 0.3) is 5.91 Å². The minimum atomic E-state index is -4.74. The number of benzene rings is 3. The molecule has 0 spiro atoms. The summed E-state index contributed by atoms with van der Waals surface area (Å²) in [6.07, 6.45) is 4.19. The van der Waals surface area contributed by atoms with Gasteiger partial charge in [-0.25, -0.2) is 0 Å². The molecule has 2 saturated heterocycles. The van der Waals surface area contributed by atoms with Crippen LogP contribution in [0.1, 0.15) is 129 Å². The number of hydrogen-bond acceptors (Lipinski definition) is 6. The van der Waals surface area contributed by atoms with E-state index in [-0.39, 0.29) is 91.9 Å². The third kappa shape index (κ3) is 12.2. The van der Waals surface area contributed by atoms with E-state index >= 15 is 13.2 Å². The highest BCUT2D eigenvalue weighted by molar-refractivity contribution is 5.97. The van der Waals surface area contributed by atoms with Crippen LogP contribution in [0.15, 0.2) is 84.9 Å². The summed E-state index contributed by atoms with van der Waals surface area (Å²) in [6, 6.07) is 21.7. The average Bonchev–Trinajstić information content (AvgIpc) is 4.22. The number of alkyl halides is 3.